The van der Waals surface area contributed by atoms with E-state index in [2.05, 4.69) is 10.5 Å². The van der Waals surface area contributed by atoms with Crippen LogP contribution in [0.2, 0.25) is 0 Å². The molecule has 0 aliphatic rings. The molecule has 0 unspecified atom stereocenters. The molecule has 0 aliphatic carbocycles. The van der Waals surface area contributed by atoms with Crippen LogP contribution in [0, 0.1) is 0 Å². The van der Waals surface area contributed by atoms with Gasteiger partial charge in [0.25, 0.3) is 5.91 Å². The third-order valence-corrected chi connectivity index (χ3v) is 3.35. The molecule has 1 aromatic heterocycles. The minimum absolute atomic E-state index is 0.210. The van der Waals surface area contributed by atoms with Gasteiger partial charge in [-0.05, 0) is 35.7 Å². The number of hydrogen-bond acceptors (Lipinski definition) is 4. The van der Waals surface area contributed by atoms with Crippen molar-refractivity contribution in [2.75, 3.05) is 19.0 Å². The normalized spacial score (nSPS) is 10.6. The Hall–Kier alpha value is -2.14. The predicted molar refractivity (Wildman–Crippen MR) is 80.1 cm³/mol. The van der Waals surface area contributed by atoms with E-state index >= 15 is 0 Å². The lowest BCUT2D eigenvalue weighted by Gasteiger charge is -2.12. The number of anilines is 1. The molecule has 1 heterocycles. The molecular weight excluding hydrogens is 258 g/mol. The number of nitrogens with zero attached hydrogens (tertiary/aromatic N) is 2. The number of hydrogen-bond donors (Lipinski definition) is 1. The Kier molecular flexibility index (Phi) is 4.30. The van der Waals surface area contributed by atoms with Crippen LogP contribution in [0.15, 0.2) is 46.9 Å². The number of benzene rings is 1. The fourth-order valence-electron chi connectivity index (χ4n) is 1.49. The largest absolute Gasteiger partial charge is 0.378 e. The van der Waals surface area contributed by atoms with Crippen molar-refractivity contribution in [1.82, 2.24) is 5.43 Å². The Morgan fingerprint density at radius 2 is 2.00 bits per heavy atom. The van der Waals surface area contributed by atoms with E-state index in [1.807, 2.05) is 48.6 Å². The van der Waals surface area contributed by atoms with Gasteiger partial charge in [-0.15, -0.1) is 11.3 Å². The van der Waals surface area contributed by atoms with E-state index in [4.69, 9.17) is 0 Å². The van der Waals surface area contributed by atoms with Gasteiger partial charge in [0.1, 0.15) is 0 Å². The van der Waals surface area contributed by atoms with Gasteiger partial charge in [0.15, 0.2) is 0 Å². The van der Waals surface area contributed by atoms with Gasteiger partial charge in [0, 0.05) is 30.2 Å². The average Bonchev–Trinajstić information content (AvgIpc) is 2.92. The van der Waals surface area contributed by atoms with Gasteiger partial charge in [0.2, 0.25) is 0 Å². The Balaban J connectivity index is 1.96. The highest BCUT2D eigenvalue weighted by molar-refractivity contribution is 7.11. The van der Waals surface area contributed by atoms with Crippen LogP contribution in [0.1, 0.15) is 15.2 Å². The highest BCUT2D eigenvalue weighted by Crippen LogP contribution is 2.12. The second-order valence-electron chi connectivity index (χ2n) is 4.16. The number of carbonyl (C=O) groups is 1. The molecule has 1 N–H and O–H groups in total. The number of carbonyl (C=O) groups excluding carboxylic acids is 1. The van der Waals surface area contributed by atoms with E-state index in [9.17, 15) is 4.79 Å². The van der Waals surface area contributed by atoms with Crippen LogP contribution in [0.25, 0.3) is 0 Å². The summed E-state index contributed by atoms with van der Waals surface area (Å²) in [4.78, 5) is 14.8. The molecule has 0 saturated heterocycles. The first kappa shape index (κ1) is 13.3. The summed E-state index contributed by atoms with van der Waals surface area (Å²) in [6, 6.07) is 11.2. The maximum Gasteiger partial charge on any atom is 0.271 e. The molecule has 0 radical (unpaired) electrons. The fraction of sp³-hybridized carbons (Fsp3) is 0.143. The van der Waals surface area contributed by atoms with E-state index in [-0.39, 0.29) is 5.91 Å². The summed E-state index contributed by atoms with van der Waals surface area (Å²) >= 11 is 1.57. The van der Waals surface area contributed by atoms with Crippen molar-refractivity contribution in [3.8, 4) is 0 Å². The number of nitrogens with one attached hydrogen (secondary N) is 1. The van der Waals surface area contributed by atoms with Crippen molar-refractivity contribution >= 4 is 29.1 Å². The van der Waals surface area contributed by atoms with E-state index in [0.29, 0.717) is 5.56 Å². The summed E-state index contributed by atoms with van der Waals surface area (Å²) in [6.45, 7) is 0. The molecule has 4 nitrogen and oxygen atoms in total. The van der Waals surface area contributed by atoms with Gasteiger partial charge < -0.3 is 4.90 Å². The first-order valence-corrected chi connectivity index (χ1v) is 6.69. The SMILES string of the molecule is CN(C)c1ccc(C(=O)N/N=C\c2cccs2)cc1. The Morgan fingerprint density at radius 3 is 2.58 bits per heavy atom. The molecule has 98 valence electrons. The second kappa shape index (κ2) is 6.15. The number of thiophene rings is 1. The minimum Gasteiger partial charge on any atom is -0.378 e. The maximum atomic E-state index is 11.8. The van der Waals surface area contributed by atoms with Gasteiger partial charge >= 0.3 is 0 Å². The smallest absolute Gasteiger partial charge is 0.271 e. The summed E-state index contributed by atoms with van der Waals surface area (Å²) in [5.41, 5.74) is 4.16. The molecule has 0 spiro atoms. The Bertz CT molecular complexity index is 559. The summed E-state index contributed by atoms with van der Waals surface area (Å²) in [5.74, 6) is -0.210. The van der Waals surface area contributed by atoms with Crippen LogP contribution in [0.4, 0.5) is 5.69 Å². The maximum absolute atomic E-state index is 11.8. The monoisotopic (exact) mass is 273 g/mol. The van der Waals surface area contributed by atoms with Crippen molar-refractivity contribution in [3.05, 3.63) is 52.2 Å². The molecular formula is C14H15N3OS. The molecule has 0 atom stereocenters. The van der Waals surface area contributed by atoms with Crippen LogP contribution in [-0.4, -0.2) is 26.2 Å². The number of amides is 1. The standard InChI is InChI=1S/C14H15N3OS/c1-17(2)12-7-5-11(6-8-12)14(18)16-15-10-13-4-3-9-19-13/h3-10H,1-2H3,(H,16,18)/b15-10-. The average molecular weight is 273 g/mol. The van der Waals surface area contributed by atoms with E-state index in [1.54, 1.807) is 29.7 Å². The first-order valence-electron chi connectivity index (χ1n) is 5.81. The third-order valence-electron chi connectivity index (χ3n) is 2.55. The summed E-state index contributed by atoms with van der Waals surface area (Å²) in [5, 5.41) is 5.88. The van der Waals surface area contributed by atoms with Crippen molar-refractivity contribution < 1.29 is 4.79 Å². The molecule has 5 heteroatoms. The molecule has 0 aliphatic heterocycles. The summed E-state index contributed by atoms with van der Waals surface area (Å²) < 4.78 is 0. The van der Waals surface area contributed by atoms with E-state index < -0.39 is 0 Å². The van der Waals surface area contributed by atoms with Gasteiger partial charge in [-0.3, -0.25) is 4.79 Å². The zero-order valence-corrected chi connectivity index (χ0v) is 11.6. The molecule has 0 bridgehead atoms. The Morgan fingerprint density at radius 1 is 1.26 bits per heavy atom. The molecule has 2 rings (SSSR count). The van der Waals surface area contributed by atoms with Crippen molar-refractivity contribution in [3.63, 3.8) is 0 Å². The molecule has 1 aromatic carbocycles. The van der Waals surface area contributed by atoms with E-state index in [1.165, 1.54) is 0 Å². The van der Waals surface area contributed by atoms with Crippen LogP contribution in [0.5, 0.6) is 0 Å². The minimum atomic E-state index is -0.210. The topological polar surface area (TPSA) is 44.7 Å². The highest BCUT2D eigenvalue weighted by atomic mass is 32.1. The lowest BCUT2D eigenvalue weighted by Crippen LogP contribution is -2.17. The van der Waals surface area contributed by atoms with Crippen molar-refractivity contribution in [2.45, 2.75) is 0 Å². The zero-order valence-electron chi connectivity index (χ0n) is 10.8. The molecule has 2 aromatic rings. The lowest BCUT2D eigenvalue weighted by molar-refractivity contribution is 0.0955. The number of rotatable bonds is 4. The fourth-order valence-corrected chi connectivity index (χ4v) is 2.08. The molecule has 0 fully saturated rings. The summed E-state index contributed by atoms with van der Waals surface area (Å²) in [6.07, 6.45) is 1.64. The zero-order chi connectivity index (χ0) is 13.7. The Labute approximate surface area is 116 Å². The van der Waals surface area contributed by atoms with Gasteiger partial charge in [-0.25, -0.2) is 5.43 Å². The van der Waals surface area contributed by atoms with Crippen LogP contribution in [-0.2, 0) is 0 Å². The molecule has 1 amide bonds. The lowest BCUT2D eigenvalue weighted by atomic mass is 10.2. The van der Waals surface area contributed by atoms with Crippen LogP contribution in [0.3, 0.4) is 0 Å². The molecule has 19 heavy (non-hydrogen) atoms. The quantitative estimate of drug-likeness (QED) is 0.687. The van der Waals surface area contributed by atoms with Crippen molar-refractivity contribution in [2.24, 2.45) is 5.10 Å². The van der Waals surface area contributed by atoms with E-state index in [0.717, 1.165) is 10.6 Å². The predicted octanol–water partition coefficient (Wildman–Crippen LogP) is 2.58. The summed E-state index contributed by atoms with van der Waals surface area (Å²) in [7, 11) is 3.92. The van der Waals surface area contributed by atoms with Gasteiger partial charge in [0.05, 0.1) is 6.21 Å². The molecule has 0 saturated carbocycles. The van der Waals surface area contributed by atoms with Crippen LogP contribution < -0.4 is 10.3 Å². The third kappa shape index (κ3) is 3.66. The van der Waals surface area contributed by atoms with Gasteiger partial charge in [-0.1, -0.05) is 6.07 Å². The highest BCUT2D eigenvalue weighted by Gasteiger charge is 2.04. The van der Waals surface area contributed by atoms with Gasteiger partial charge in [-0.2, -0.15) is 5.10 Å². The van der Waals surface area contributed by atoms with Crippen molar-refractivity contribution in [1.29, 1.82) is 0 Å². The second-order valence-corrected chi connectivity index (χ2v) is 5.14. The van der Waals surface area contributed by atoms with Crippen LogP contribution >= 0.6 is 11.3 Å². The number of hydrazone groups is 1. The first-order chi connectivity index (χ1) is 9.16.